The van der Waals surface area contributed by atoms with Gasteiger partial charge in [0.15, 0.2) is 10.7 Å². The molecule has 0 N–H and O–H groups in total. The van der Waals surface area contributed by atoms with Gasteiger partial charge in [-0.1, -0.05) is 37.5 Å². The Morgan fingerprint density at radius 2 is 2.03 bits per heavy atom. The highest BCUT2D eigenvalue weighted by Gasteiger charge is 2.30. The van der Waals surface area contributed by atoms with Crippen molar-refractivity contribution in [2.45, 2.75) is 70.5 Å². The van der Waals surface area contributed by atoms with Gasteiger partial charge in [-0.3, -0.25) is 14.1 Å². The Kier molecular flexibility index (Phi) is 6.50. The van der Waals surface area contributed by atoms with E-state index in [0.29, 0.717) is 17.8 Å². The fourth-order valence-corrected chi connectivity index (χ4v) is 5.37. The first-order chi connectivity index (χ1) is 14.2. The van der Waals surface area contributed by atoms with Crippen molar-refractivity contribution in [1.29, 1.82) is 0 Å². The van der Waals surface area contributed by atoms with Crippen LogP contribution in [0.2, 0.25) is 0 Å². The van der Waals surface area contributed by atoms with Crippen molar-refractivity contribution >= 4 is 22.2 Å². The van der Waals surface area contributed by atoms with Crippen LogP contribution in [0.4, 0.5) is 0 Å². The van der Waals surface area contributed by atoms with Gasteiger partial charge in [-0.2, -0.15) is 0 Å². The molecule has 1 fully saturated rings. The van der Waals surface area contributed by atoms with Crippen LogP contribution in [-0.4, -0.2) is 50.3 Å². The number of nitrogens with zero attached hydrogens (tertiary/aromatic N) is 4. The first-order valence-electron chi connectivity index (χ1n) is 11.0. The maximum atomic E-state index is 13.5. The molecule has 4 rings (SSSR count). The number of carbonyl (C=O) groups excluding carboxylic acids is 1. The molecule has 6 heteroatoms. The minimum atomic E-state index is 0.110. The van der Waals surface area contributed by atoms with Crippen molar-refractivity contribution in [3.8, 4) is 0 Å². The lowest BCUT2D eigenvalue weighted by atomic mass is 9.99. The normalized spacial score (nSPS) is 23.8. The van der Waals surface area contributed by atoms with E-state index in [4.69, 9.17) is 4.98 Å². The molecule has 4 heterocycles. The van der Waals surface area contributed by atoms with E-state index >= 15 is 0 Å². The first kappa shape index (κ1) is 20.4. The highest BCUT2D eigenvalue weighted by Crippen LogP contribution is 2.27. The Morgan fingerprint density at radius 3 is 2.79 bits per heavy atom. The molecule has 29 heavy (non-hydrogen) atoms. The lowest BCUT2D eigenvalue weighted by Gasteiger charge is -2.37. The van der Waals surface area contributed by atoms with Gasteiger partial charge in [0.1, 0.15) is 0 Å². The van der Waals surface area contributed by atoms with Gasteiger partial charge < -0.3 is 4.90 Å². The number of likely N-dealkylation sites (tertiary alicyclic amines) is 1. The summed E-state index contributed by atoms with van der Waals surface area (Å²) in [6.45, 7) is 8.62. The molecule has 5 nitrogen and oxygen atoms in total. The molecule has 0 bridgehead atoms. The minimum absolute atomic E-state index is 0.110. The summed E-state index contributed by atoms with van der Waals surface area (Å²) in [6, 6.07) is 0.754. The zero-order chi connectivity index (χ0) is 20.2. The molecule has 1 amide bonds. The van der Waals surface area contributed by atoms with Crippen LogP contribution in [0.1, 0.15) is 68.1 Å². The quantitative estimate of drug-likeness (QED) is 0.656. The molecular weight excluding hydrogens is 380 g/mol. The molecule has 0 radical (unpaired) electrons. The van der Waals surface area contributed by atoms with E-state index < -0.39 is 0 Å². The SMILES string of the molecule is C=CC[C@@H]1CC=C[C@@H](C)N1Cc1c(C(=O)N2CCCCCCC2)nc2sccn12. The summed E-state index contributed by atoms with van der Waals surface area (Å²) in [5, 5.41) is 2.05. The van der Waals surface area contributed by atoms with Gasteiger partial charge in [0.2, 0.25) is 0 Å². The predicted molar refractivity (Wildman–Crippen MR) is 119 cm³/mol. The van der Waals surface area contributed by atoms with Crippen LogP contribution >= 0.6 is 11.3 Å². The molecule has 2 aromatic rings. The number of amides is 1. The third kappa shape index (κ3) is 4.33. The maximum Gasteiger partial charge on any atom is 0.274 e. The van der Waals surface area contributed by atoms with Crippen molar-refractivity contribution < 1.29 is 4.79 Å². The summed E-state index contributed by atoms with van der Waals surface area (Å²) < 4.78 is 2.12. The van der Waals surface area contributed by atoms with Crippen LogP contribution in [0, 0.1) is 0 Å². The number of imidazole rings is 1. The second-order valence-corrected chi connectivity index (χ2v) is 9.15. The fourth-order valence-electron chi connectivity index (χ4n) is 4.64. The van der Waals surface area contributed by atoms with Crippen molar-refractivity contribution in [3.05, 3.63) is 47.8 Å². The van der Waals surface area contributed by atoms with Crippen molar-refractivity contribution in [1.82, 2.24) is 19.2 Å². The number of hydrogen-bond donors (Lipinski definition) is 0. The number of carbonyl (C=O) groups is 1. The lowest BCUT2D eigenvalue weighted by molar-refractivity contribution is 0.0732. The number of hydrogen-bond acceptors (Lipinski definition) is 4. The molecule has 0 aromatic carbocycles. The molecule has 0 aliphatic carbocycles. The molecule has 2 aromatic heterocycles. The van der Waals surface area contributed by atoms with Crippen LogP contribution < -0.4 is 0 Å². The lowest BCUT2D eigenvalue weighted by Crippen LogP contribution is -2.43. The Morgan fingerprint density at radius 1 is 1.28 bits per heavy atom. The Labute approximate surface area is 177 Å². The smallest absolute Gasteiger partial charge is 0.274 e. The highest BCUT2D eigenvalue weighted by atomic mass is 32.1. The van der Waals surface area contributed by atoms with Crippen LogP contribution in [0.15, 0.2) is 36.4 Å². The van der Waals surface area contributed by atoms with Gasteiger partial charge in [0, 0.05) is 43.3 Å². The molecule has 0 spiro atoms. The van der Waals surface area contributed by atoms with E-state index in [0.717, 1.165) is 56.0 Å². The van der Waals surface area contributed by atoms with Crippen molar-refractivity contribution in [3.63, 3.8) is 0 Å². The molecule has 2 aliphatic rings. The third-order valence-corrected chi connectivity index (χ3v) is 7.05. The Balaban J connectivity index is 1.64. The number of thiazole rings is 1. The van der Waals surface area contributed by atoms with Crippen LogP contribution in [0.3, 0.4) is 0 Å². The molecular formula is C23H32N4OS. The number of rotatable bonds is 5. The number of aromatic nitrogens is 2. The molecule has 0 saturated carbocycles. The molecule has 2 atom stereocenters. The number of fused-ring (bicyclic) bond motifs is 1. The van der Waals surface area contributed by atoms with E-state index in [1.807, 2.05) is 11.0 Å². The van der Waals surface area contributed by atoms with E-state index in [-0.39, 0.29) is 5.91 Å². The average molecular weight is 413 g/mol. The standard InChI is InChI=1S/C23H32N4OS/c1-3-10-19-12-9-11-18(2)27(19)17-20-21(24-23-26(20)15-16-29-23)22(28)25-13-7-5-4-6-8-14-25/h3,9,11,15-16,18-19H,1,4-8,10,12-14,17H2,2H3/t18-,19-/m1/s1. The van der Waals surface area contributed by atoms with Gasteiger partial charge in [-0.15, -0.1) is 17.9 Å². The topological polar surface area (TPSA) is 40.9 Å². The fraction of sp³-hybridized carbons (Fsp3) is 0.565. The van der Waals surface area contributed by atoms with E-state index in [9.17, 15) is 4.79 Å². The third-order valence-electron chi connectivity index (χ3n) is 6.29. The summed E-state index contributed by atoms with van der Waals surface area (Å²) in [5.74, 6) is 0.110. The van der Waals surface area contributed by atoms with Gasteiger partial charge >= 0.3 is 0 Å². The maximum absolute atomic E-state index is 13.5. The summed E-state index contributed by atoms with van der Waals surface area (Å²) in [4.78, 5) is 23.7. The van der Waals surface area contributed by atoms with Gasteiger partial charge in [0.25, 0.3) is 5.91 Å². The summed E-state index contributed by atoms with van der Waals surface area (Å²) in [5.41, 5.74) is 1.68. The molecule has 0 unspecified atom stereocenters. The van der Waals surface area contributed by atoms with Crippen LogP contribution in [0.5, 0.6) is 0 Å². The summed E-state index contributed by atoms with van der Waals surface area (Å²) >= 11 is 1.60. The monoisotopic (exact) mass is 412 g/mol. The molecule has 1 saturated heterocycles. The van der Waals surface area contributed by atoms with Gasteiger partial charge in [-0.25, -0.2) is 4.98 Å². The van der Waals surface area contributed by atoms with E-state index in [2.05, 4.69) is 46.5 Å². The largest absolute Gasteiger partial charge is 0.337 e. The Bertz CT molecular complexity index is 875. The van der Waals surface area contributed by atoms with Crippen LogP contribution in [-0.2, 0) is 6.54 Å². The van der Waals surface area contributed by atoms with E-state index in [1.54, 1.807) is 11.3 Å². The second-order valence-electron chi connectivity index (χ2n) is 8.28. The predicted octanol–water partition coefficient (Wildman–Crippen LogP) is 4.90. The molecule has 156 valence electrons. The summed E-state index contributed by atoms with van der Waals surface area (Å²) in [6.07, 6.45) is 16.5. The van der Waals surface area contributed by atoms with Crippen LogP contribution in [0.25, 0.3) is 4.96 Å². The van der Waals surface area contributed by atoms with Gasteiger partial charge in [0.05, 0.1) is 5.69 Å². The van der Waals surface area contributed by atoms with Crippen molar-refractivity contribution in [2.24, 2.45) is 0 Å². The minimum Gasteiger partial charge on any atom is -0.337 e. The first-order valence-corrected chi connectivity index (χ1v) is 11.8. The zero-order valence-electron chi connectivity index (χ0n) is 17.4. The summed E-state index contributed by atoms with van der Waals surface area (Å²) in [7, 11) is 0. The Hall–Kier alpha value is -1.92. The zero-order valence-corrected chi connectivity index (χ0v) is 18.2. The highest BCUT2D eigenvalue weighted by molar-refractivity contribution is 7.15. The van der Waals surface area contributed by atoms with E-state index in [1.165, 1.54) is 19.3 Å². The van der Waals surface area contributed by atoms with Crippen molar-refractivity contribution in [2.75, 3.05) is 13.1 Å². The average Bonchev–Trinajstić information content (AvgIpc) is 3.26. The van der Waals surface area contributed by atoms with Gasteiger partial charge in [-0.05, 0) is 32.6 Å². The molecule has 2 aliphatic heterocycles. The second kappa shape index (κ2) is 9.26.